The Balaban J connectivity index is 2.05. The largest absolute Gasteiger partial charge is 0.338 e. The molecule has 2 rings (SSSR count). The zero-order valence-corrected chi connectivity index (χ0v) is 16.5. The second kappa shape index (κ2) is 9.62. The number of hydrogen-bond acceptors (Lipinski definition) is 3. The minimum Gasteiger partial charge on any atom is -0.338 e. The number of nitrogens with zero attached hydrogens (tertiary/aromatic N) is 2. The molecular formula is C20H25FN2O3S. The van der Waals surface area contributed by atoms with Gasteiger partial charge >= 0.3 is 0 Å². The van der Waals surface area contributed by atoms with Crippen LogP contribution in [0.2, 0.25) is 0 Å². The second-order valence-corrected chi connectivity index (χ2v) is 8.31. The van der Waals surface area contributed by atoms with Crippen LogP contribution >= 0.6 is 0 Å². The number of rotatable bonds is 9. The van der Waals surface area contributed by atoms with Gasteiger partial charge in [-0.2, -0.15) is 4.31 Å². The third-order valence-electron chi connectivity index (χ3n) is 4.32. The fourth-order valence-electron chi connectivity index (χ4n) is 2.74. The van der Waals surface area contributed by atoms with Gasteiger partial charge in [0.1, 0.15) is 5.82 Å². The molecule has 0 heterocycles. The molecule has 27 heavy (non-hydrogen) atoms. The molecule has 0 spiro atoms. The lowest BCUT2D eigenvalue weighted by Crippen LogP contribution is -2.43. The Labute approximate surface area is 160 Å². The first kappa shape index (κ1) is 21.1. The van der Waals surface area contributed by atoms with Crippen LogP contribution in [0, 0.1) is 5.82 Å². The summed E-state index contributed by atoms with van der Waals surface area (Å²) in [6.45, 7) is 2.53. The third-order valence-corrected chi connectivity index (χ3v) is 5.57. The van der Waals surface area contributed by atoms with Crippen LogP contribution in [0.1, 0.15) is 18.1 Å². The van der Waals surface area contributed by atoms with Crippen molar-refractivity contribution in [1.29, 1.82) is 0 Å². The maximum atomic E-state index is 13.8. The third kappa shape index (κ3) is 6.45. The molecule has 0 aliphatic rings. The smallest absolute Gasteiger partial charge is 0.238 e. The van der Waals surface area contributed by atoms with E-state index in [0.717, 1.165) is 16.1 Å². The first-order valence-electron chi connectivity index (χ1n) is 8.81. The van der Waals surface area contributed by atoms with Crippen molar-refractivity contribution in [3.8, 4) is 0 Å². The van der Waals surface area contributed by atoms with Gasteiger partial charge in [-0.15, -0.1) is 0 Å². The van der Waals surface area contributed by atoms with Crippen LogP contribution < -0.4 is 0 Å². The van der Waals surface area contributed by atoms with Crippen LogP contribution in [0.3, 0.4) is 0 Å². The van der Waals surface area contributed by atoms with Crippen LogP contribution in [0.15, 0.2) is 54.6 Å². The lowest BCUT2D eigenvalue weighted by atomic mass is 10.1. The van der Waals surface area contributed by atoms with Crippen LogP contribution in [0.4, 0.5) is 4.39 Å². The number of amides is 1. The molecule has 1 amide bonds. The molecule has 0 radical (unpaired) electrons. The van der Waals surface area contributed by atoms with E-state index in [0.29, 0.717) is 18.7 Å². The molecule has 7 heteroatoms. The Morgan fingerprint density at radius 1 is 1.04 bits per heavy atom. The highest BCUT2D eigenvalue weighted by Gasteiger charge is 2.23. The summed E-state index contributed by atoms with van der Waals surface area (Å²) in [5, 5.41) is 0. The molecule has 146 valence electrons. The molecule has 0 aliphatic heterocycles. The summed E-state index contributed by atoms with van der Waals surface area (Å²) in [6, 6.07) is 15.8. The van der Waals surface area contributed by atoms with Crippen molar-refractivity contribution < 1.29 is 17.6 Å². The molecule has 0 saturated carbocycles. The Kier molecular flexibility index (Phi) is 7.50. The minimum atomic E-state index is -3.59. The molecule has 0 aliphatic carbocycles. The predicted molar refractivity (Wildman–Crippen MR) is 104 cm³/mol. The molecular weight excluding hydrogens is 367 g/mol. The Morgan fingerprint density at radius 3 is 2.26 bits per heavy atom. The number of halogens is 1. The van der Waals surface area contributed by atoms with Gasteiger partial charge < -0.3 is 4.90 Å². The fraction of sp³-hybridized carbons (Fsp3) is 0.350. The molecule has 0 saturated heterocycles. The van der Waals surface area contributed by atoms with E-state index in [1.54, 1.807) is 23.1 Å². The number of benzene rings is 2. The van der Waals surface area contributed by atoms with Gasteiger partial charge in [-0.05, 0) is 30.5 Å². The number of sulfonamides is 1. The topological polar surface area (TPSA) is 57.7 Å². The summed E-state index contributed by atoms with van der Waals surface area (Å²) in [4.78, 5) is 14.3. The molecule has 5 nitrogen and oxygen atoms in total. The quantitative estimate of drug-likeness (QED) is 0.659. The molecule has 0 bridgehead atoms. The summed E-state index contributed by atoms with van der Waals surface area (Å²) >= 11 is 0. The lowest BCUT2D eigenvalue weighted by Gasteiger charge is -2.25. The van der Waals surface area contributed by atoms with Crippen molar-refractivity contribution in [2.45, 2.75) is 19.9 Å². The van der Waals surface area contributed by atoms with Gasteiger partial charge in [0.05, 0.1) is 12.8 Å². The predicted octanol–water partition coefficient (Wildman–Crippen LogP) is 2.68. The number of hydrogen-bond donors (Lipinski definition) is 0. The summed E-state index contributed by atoms with van der Waals surface area (Å²) < 4.78 is 39.1. The average molecular weight is 392 g/mol. The standard InChI is InChI=1S/C20H25FN2O3S/c1-3-22(15-17-9-5-4-6-10-17)20(24)16-23(27(2,25)26)14-13-18-11-7-8-12-19(18)21/h4-12H,3,13-16H2,1-2H3. The Hall–Kier alpha value is -2.25. The highest BCUT2D eigenvalue weighted by Crippen LogP contribution is 2.11. The van der Waals surface area contributed by atoms with E-state index in [4.69, 9.17) is 0 Å². The molecule has 0 aromatic heterocycles. The van der Waals surface area contributed by atoms with E-state index in [1.807, 2.05) is 37.3 Å². The van der Waals surface area contributed by atoms with Crippen molar-refractivity contribution in [1.82, 2.24) is 9.21 Å². The van der Waals surface area contributed by atoms with Crippen molar-refractivity contribution in [3.05, 3.63) is 71.5 Å². The zero-order chi connectivity index (χ0) is 19.9. The molecule has 2 aromatic carbocycles. The zero-order valence-electron chi connectivity index (χ0n) is 15.6. The molecule has 0 N–H and O–H groups in total. The molecule has 2 aromatic rings. The van der Waals surface area contributed by atoms with Crippen LogP contribution in [0.25, 0.3) is 0 Å². The Morgan fingerprint density at radius 2 is 1.67 bits per heavy atom. The van der Waals surface area contributed by atoms with Crippen molar-refractivity contribution in [3.63, 3.8) is 0 Å². The normalized spacial score (nSPS) is 11.6. The van der Waals surface area contributed by atoms with Crippen LogP contribution in [-0.4, -0.2) is 49.4 Å². The van der Waals surface area contributed by atoms with E-state index in [9.17, 15) is 17.6 Å². The SMILES string of the molecule is CCN(Cc1ccccc1)C(=O)CN(CCc1ccccc1F)S(C)(=O)=O. The second-order valence-electron chi connectivity index (χ2n) is 6.33. The first-order valence-corrected chi connectivity index (χ1v) is 10.7. The van der Waals surface area contributed by atoms with Gasteiger partial charge in [-0.25, -0.2) is 12.8 Å². The monoisotopic (exact) mass is 392 g/mol. The summed E-state index contributed by atoms with van der Waals surface area (Å²) in [7, 11) is -3.59. The average Bonchev–Trinajstić information content (AvgIpc) is 2.64. The van der Waals surface area contributed by atoms with E-state index in [1.165, 1.54) is 6.07 Å². The van der Waals surface area contributed by atoms with Crippen molar-refractivity contribution in [2.75, 3.05) is 25.9 Å². The van der Waals surface area contributed by atoms with Gasteiger partial charge in [0.25, 0.3) is 0 Å². The number of carbonyl (C=O) groups excluding carboxylic acids is 1. The Bertz CT molecular complexity index is 857. The van der Waals surface area contributed by atoms with E-state index in [2.05, 4.69) is 0 Å². The maximum absolute atomic E-state index is 13.8. The van der Waals surface area contributed by atoms with Crippen LogP contribution in [0.5, 0.6) is 0 Å². The van der Waals surface area contributed by atoms with Gasteiger partial charge in [0.2, 0.25) is 15.9 Å². The minimum absolute atomic E-state index is 0.0500. The number of carbonyl (C=O) groups is 1. The summed E-state index contributed by atoms with van der Waals surface area (Å²) in [5.41, 5.74) is 1.40. The van der Waals surface area contributed by atoms with Gasteiger partial charge in [0.15, 0.2) is 0 Å². The van der Waals surface area contributed by atoms with E-state index < -0.39 is 10.0 Å². The van der Waals surface area contributed by atoms with Gasteiger partial charge in [-0.3, -0.25) is 4.79 Å². The maximum Gasteiger partial charge on any atom is 0.238 e. The van der Waals surface area contributed by atoms with E-state index >= 15 is 0 Å². The van der Waals surface area contributed by atoms with E-state index in [-0.39, 0.29) is 31.2 Å². The first-order chi connectivity index (χ1) is 12.8. The summed E-state index contributed by atoms with van der Waals surface area (Å²) in [5.74, 6) is -0.656. The highest BCUT2D eigenvalue weighted by molar-refractivity contribution is 7.88. The number of likely N-dealkylation sites (N-methyl/N-ethyl adjacent to an activating group) is 1. The van der Waals surface area contributed by atoms with Crippen molar-refractivity contribution in [2.24, 2.45) is 0 Å². The van der Waals surface area contributed by atoms with Crippen molar-refractivity contribution >= 4 is 15.9 Å². The molecule has 0 unspecified atom stereocenters. The van der Waals surface area contributed by atoms with Crippen LogP contribution in [-0.2, 0) is 27.8 Å². The molecule has 0 fully saturated rings. The lowest BCUT2D eigenvalue weighted by molar-refractivity contribution is -0.131. The van der Waals surface area contributed by atoms with Gasteiger partial charge in [-0.1, -0.05) is 48.5 Å². The fourth-order valence-corrected chi connectivity index (χ4v) is 3.51. The van der Waals surface area contributed by atoms with Gasteiger partial charge in [0, 0.05) is 19.6 Å². The summed E-state index contributed by atoms with van der Waals surface area (Å²) in [6.07, 6.45) is 1.27. The highest BCUT2D eigenvalue weighted by atomic mass is 32.2. The molecule has 0 atom stereocenters.